The standard InChI is InChI=1S/C30H54O4/c1-7-8-9-10-11-12-13-22-15-17-25-24-16-14-23(20-27(31)32-4)30(3,21-28(33-5)34-6)26(24)18-19-29(22,25)2/h22-26,28H,7-21H2,1-6H3/t22?,23-,24?,25?,26?,29-,30+/m1/s1. The van der Waals surface area contributed by atoms with E-state index < -0.39 is 0 Å². The molecule has 198 valence electrons. The van der Waals surface area contributed by atoms with Crippen molar-refractivity contribution >= 4 is 5.97 Å². The highest BCUT2D eigenvalue weighted by Gasteiger charge is 2.59. The van der Waals surface area contributed by atoms with Gasteiger partial charge in [0.2, 0.25) is 0 Å². The third-order valence-corrected chi connectivity index (χ3v) is 10.9. The number of carbonyl (C=O) groups is 1. The van der Waals surface area contributed by atoms with Gasteiger partial charge in [0, 0.05) is 27.1 Å². The summed E-state index contributed by atoms with van der Waals surface area (Å²) in [5.74, 6) is 3.46. The number of fused-ring (bicyclic) bond motifs is 3. The Morgan fingerprint density at radius 2 is 1.53 bits per heavy atom. The molecule has 0 radical (unpaired) electrons. The van der Waals surface area contributed by atoms with Gasteiger partial charge in [0.25, 0.3) is 0 Å². The van der Waals surface area contributed by atoms with Gasteiger partial charge < -0.3 is 14.2 Å². The van der Waals surface area contributed by atoms with E-state index in [0.29, 0.717) is 23.7 Å². The summed E-state index contributed by atoms with van der Waals surface area (Å²) in [6.07, 6.45) is 18.9. The molecule has 0 aliphatic heterocycles. The molecule has 3 aliphatic carbocycles. The zero-order valence-electron chi connectivity index (χ0n) is 23.2. The third-order valence-electron chi connectivity index (χ3n) is 10.9. The van der Waals surface area contributed by atoms with Gasteiger partial charge in [0.05, 0.1) is 7.11 Å². The molecule has 3 rings (SSSR count). The van der Waals surface area contributed by atoms with Crippen molar-refractivity contribution in [1.29, 1.82) is 0 Å². The number of methoxy groups -OCH3 is 3. The Balaban J connectivity index is 1.71. The average molecular weight is 479 g/mol. The lowest BCUT2D eigenvalue weighted by atomic mass is 9.46. The van der Waals surface area contributed by atoms with Crippen LogP contribution in [0, 0.1) is 40.4 Å². The molecular weight excluding hydrogens is 424 g/mol. The molecule has 4 heteroatoms. The van der Waals surface area contributed by atoms with Crippen LogP contribution in [-0.4, -0.2) is 33.6 Å². The van der Waals surface area contributed by atoms with E-state index in [0.717, 1.165) is 30.6 Å². The van der Waals surface area contributed by atoms with Crippen LogP contribution in [-0.2, 0) is 19.0 Å². The molecule has 0 aromatic heterocycles. The summed E-state index contributed by atoms with van der Waals surface area (Å²) in [6, 6.07) is 0. The lowest BCUT2D eigenvalue weighted by Gasteiger charge is -2.59. The molecule has 0 aromatic rings. The van der Waals surface area contributed by atoms with E-state index >= 15 is 0 Å². The lowest BCUT2D eigenvalue weighted by Crippen LogP contribution is -2.53. The maximum atomic E-state index is 12.3. The molecule has 3 fully saturated rings. The first-order valence-electron chi connectivity index (χ1n) is 14.5. The first-order valence-corrected chi connectivity index (χ1v) is 14.5. The Hall–Kier alpha value is -0.610. The largest absolute Gasteiger partial charge is 0.469 e. The number of esters is 1. The number of hydrogen-bond acceptors (Lipinski definition) is 4. The van der Waals surface area contributed by atoms with Gasteiger partial charge in [0.1, 0.15) is 0 Å². The van der Waals surface area contributed by atoms with Crippen molar-refractivity contribution in [1.82, 2.24) is 0 Å². The van der Waals surface area contributed by atoms with Crippen LogP contribution in [0.1, 0.15) is 117 Å². The van der Waals surface area contributed by atoms with Crippen LogP contribution < -0.4 is 0 Å². The number of hydrogen-bond donors (Lipinski definition) is 0. The highest BCUT2D eigenvalue weighted by molar-refractivity contribution is 5.69. The molecule has 3 aliphatic rings. The Kier molecular flexibility index (Phi) is 10.3. The molecule has 0 saturated heterocycles. The van der Waals surface area contributed by atoms with E-state index in [9.17, 15) is 4.79 Å². The van der Waals surface area contributed by atoms with Gasteiger partial charge in [-0.05, 0) is 85.4 Å². The SMILES string of the molecule is CCCCCCCCC1CCC2C3CC[C@H](CC(=O)OC)[C@](C)(CC(OC)OC)C3CC[C@]12C. The molecule has 0 aromatic carbocycles. The molecule has 3 saturated carbocycles. The maximum Gasteiger partial charge on any atom is 0.305 e. The topological polar surface area (TPSA) is 44.8 Å². The summed E-state index contributed by atoms with van der Waals surface area (Å²) in [6.45, 7) is 7.38. The van der Waals surface area contributed by atoms with E-state index in [2.05, 4.69) is 20.8 Å². The zero-order chi connectivity index (χ0) is 24.8. The van der Waals surface area contributed by atoms with Crippen molar-refractivity contribution < 1.29 is 19.0 Å². The zero-order valence-corrected chi connectivity index (χ0v) is 23.2. The van der Waals surface area contributed by atoms with Crippen LogP contribution in [0.2, 0.25) is 0 Å². The highest BCUT2D eigenvalue weighted by Crippen LogP contribution is 2.67. The minimum Gasteiger partial charge on any atom is -0.469 e. The van der Waals surface area contributed by atoms with Gasteiger partial charge in [-0.1, -0.05) is 59.3 Å². The van der Waals surface area contributed by atoms with Crippen molar-refractivity contribution in [2.75, 3.05) is 21.3 Å². The molecule has 0 spiro atoms. The molecule has 0 heterocycles. The number of ether oxygens (including phenoxy) is 3. The Bertz CT molecular complexity index is 631. The predicted octanol–water partition coefficient (Wildman–Crippen LogP) is 7.78. The van der Waals surface area contributed by atoms with Crippen LogP contribution in [0.4, 0.5) is 0 Å². The summed E-state index contributed by atoms with van der Waals surface area (Å²) < 4.78 is 16.5. The second-order valence-electron chi connectivity index (χ2n) is 12.4. The fourth-order valence-corrected chi connectivity index (χ4v) is 8.85. The molecule has 0 bridgehead atoms. The lowest BCUT2D eigenvalue weighted by molar-refractivity contribution is -0.174. The van der Waals surface area contributed by atoms with Crippen molar-refractivity contribution in [2.24, 2.45) is 40.4 Å². The molecule has 0 N–H and O–H groups in total. The average Bonchev–Trinajstić information content (AvgIpc) is 3.17. The Labute approximate surface area is 210 Å². The summed E-state index contributed by atoms with van der Waals surface area (Å²) in [7, 11) is 5.01. The van der Waals surface area contributed by atoms with Crippen molar-refractivity contribution in [3.05, 3.63) is 0 Å². The summed E-state index contributed by atoms with van der Waals surface area (Å²) in [4.78, 5) is 12.3. The minimum atomic E-state index is -0.207. The molecule has 4 nitrogen and oxygen atoms in total. The highest BCUT2D eigenvalue weighted by atomic mass is 16.7. The van der Waals surface area contributed by atoms with Crippen LogP contribution in [0.5, 0.6) is 0 Å². The van der Waals surface area contributed by atoms with Gasteiger partial charge in [0.15, 0.2) is 6.29 Å². The first-order chi connectivity index (χ1) is 16.3. The molecule has 7 atom stereocenters. The van der Waals surface area contributed by atoms with E-state index in [1.54, 1.807) is 14.2 Å². The monoisotopic (exact) mass is 478 g/mol. The van der Waals surface area contributed by atoms with Crippen molar-refractivity contribution in [3.63, 3.8) is 0 Å². The number of unbranched alkanes of at least 4 members (excludes halogenated alkanes) is 5. The van der Waals surface area contributed by atoms with Gasteiger partial charge >= 0.3 is 5.97 Å². The van der Waals surface area contributed by atoms with Crippen LogP contribution in [0.25, 0.3) is 0 Å². The Morgan fingerprint density at radius 1 is 0.853 bits per heavy atom. The summed E-state index contributed by atoms with van der Waals surface area (Å²) >= 11 is 0. The summed E-state index contributed by atoms with van der Waals surface area (Å²) in [5, 5.41) is 0. The van der Waals surface area contributed by atoms with E-state index in [-0.39, 0.29) is 17.7 Å². The second kappa shape index (κ2) is 12.6. The molecule has 0 amide bonds. The second-order valence-corrected chi connectivity index (χ2v) is 12.4. The molecule has 4 unspecified atom stereocenters. The number of carbonyl (C=O) groups excluding carboxylic acids is 1. The fraction of sp³-hybridized carbons (Fsp3) is 0.967. The van der Waals surface area contributed by atoms with Gasteiger partial charge in [-0.2, -0.15) is 0 Å². The minimum absolute atomic E-state index is 0.0481. The quantitative estimate of drug-likeness (QED) is 0.154. The summed E-state index contributed by atoms with van der Waals surface area (Å²) in [5.41, 5.74) is 0.565. The van der Waals surface area contributed by atoms with E-state index in [1.165, 1.54) is 84.2 Å². The normalized spacial score (nSPS) is 37.4. The number of rotatable bonds is 13. The molecule has 34 heavy (non-hydrogen) atoms. The van der Waals surface area contributed by atoms with E-state index in [1.807, 2.05) is 0 Å². The molecular formula is C30H54O4. The third kappa shape index (κ3) is 5.85. The van der Waals surface area contributed by atoms with Crippen LogP contribution in [0.3, 0.4) is 0 Å². The van der Waals surface area contributed by atoms with Gasteiger partial charge in [-0.3, -0.25) is 4.79 Å². The van der Waals surface area contributed by atoms with Crippen molar-refractivity contribution in [3.8, 4) is 0 Å². The van der Waals surface area contributed by atoms with E-state index in [4.69, 9.17) is 14.2 Å². The predicted molar refractivity (Wildman–Crippen MR) is 138 cm³/mol. The van der Waals surface area contributed by atoms with Crippen LogP contribution >= 0.6 is 0 Å². The Morgan fingerprint density at radius 3 is 2.21 bits per heavy atom. The van der Waals surface area contributed by atoms with Crippen LogP contribution in [0.15, 0.2) is 0 Å². The first kappa shape index (κ1) is 28.0. The van der Waals surface area contributed by atoms with Crippen molar-refractivity contribution in [2.45, 2.75) is 123 Å². The van der Waals surface area contributed by atoms with Gasteiger partial charge in [-0.25, -0.2) is 0 Å². The maximum absolute atomic E-state index is 12.3. The fourth-order valence-electron chi connectivity index (χ4n) is 8.85. The smallest absolute Gasteiger partial charge is 0.305 e. The van der Waals surface area contributed by atoms with Gasteiger partial charge in [-0.15, -0.1) is 0 Å².